The van der Waals surface area contributed by atoms with E-state index in [1.165, 1.54) is 0 Å². The molecule has 1 aromatic rings. The molecule has 0 saturated carbocycles. The zero-order chi connectivity index (χ0) is 13.1. The molecule has 98 valence electrons. The summed E-state index contributed by atoms with van der Waals surface area (Å²) in [5.74, 6) is 1.73. The largest absolute Gasteiger partial charge is 0.464 e. The van der Waals surface area contributed by atoms with Crippen molar-refractivity contribution >= 4 is 0 Å². The number of furan rings is 1. The Morgan fingerprint density at radius 3 is 2.53 bits per heavy atom. The van der Waals surface area contributed by atoms with Crippen molar-refractivity contribution in [1.82, 2.24) is 4.90 Å². The number of hydrogen-bond donors (Lipinski definition) is 1. The lowest BCUT2D eigenvalue weighted by molar-refractivity contribution is 0.0207. The molecule has 17 heavy (non-hydrogen) atoms. The van der Waals surface area contributed by atoms with Crippen molar-refractivity contribution in [3.63, 3.8) is 0 Å². The number of likely N-dealkylation sites (N-methyl/N-ethyl adjacent to an activating group) is 1. The number of aryl methyl sites for hydroxylation is 1. The number of nitrogens with zero attached hydrogens (tertiary/aromatic N) is 1. The third-order valence-corrected chi connectivity index (χ3v) is 3.20. The van der Waals surface area contributed by atoms with Crippen LogP contribution in [0, 0.1) is 6.92 Å². The highest BCUT2D eigenvalue weighted by Crippen LogP contribution is 2.16. The normalized spacial score (nSPS) is 12.4. The minimum atomic E-state index is 0.0261. The maximum atomic E-state index is 5.68. The molecule has 0 amide bonds. The second kappa shape index (κ2) is 5.67. The molecule has 4 nitrogen and oxygen atoms in total. The van der Waals surface area contributed by atoms with Crippen molar-refractivity contribution in [3.8, 4) is 0 Å². The van der Waals surface area contributed by atoms with E-state index >= 15 is 0 Å². The molecule has 0 aliphatic heterocycles. The molecule has 1 aromatic heterocycles. The summed E-state index contributed by atoms with van der Waals surface area (Å²) in [5.41, 5.74) is 6.67. The van der Waals surface area contributed by atoms with Crippen LogP contribution >= 0.6 is 0 Å². The first-order valence-corrected chi connectivity index (χ1v) is 5.90. The molecule has 0 bridgehead atoms. The molecule has 0 aromatic carbocycles. The van der Waals surface area contributed by atoms with Gasteiger partial charge in [0.2, 0.25) is 0 Å². The molecular formula is C13H24N2O2. The Morgan fingerprint density at radius 1 is 1.41 bits per heavy atom. The maximum absolute atomic E-state index is 5.68. The highest BCUT2D eigenvalue weighted by Gasteiger charge is 2.20. The van der Waals surface area contributed by atoms with Crippen LogP contribution in [-0.4, -0.2) is 31.1 Å². The zero-order valence-electron chi connectivity index (χ0n) is 11.5. The third kappa shape index (κ3) is 3.84. The van der Waals surface area contributed by atoms with Gasteiger partial charge in [-0.2, -0.15) is 0 Å². The molecule has 0 radical (unpaired) electrons. The van der Waals surface area contributed by atoms with Gasteiger partial charge in [0, 0.05) is 17.6 Å². The molecule has 0 unspecified atom stereocenters. The standard InChI is InChI=1S/C13H24N2O2/c1-10-11(7-14)6-12(17-10)8-16-9-13(2,3)15(4)5/h6H,7-9,14H2,1-5H3. The molecule has 4 heteroatoms. The van der Waals surface area contributed by atoms with Gasteiger partial charge in [-0.3, -0.25) is 0 Å². The molecule has 1 rings (SSSR count). The van der Waals surface area contributed by atoms with Crippen LogP contribution < -0.4 is 5.73 Å². The van der Waals surface area contributed by atoms with Crippen molar-refractivity contribution in [2.45, 2.75) is 39.5 Å². The molecule has 0 aliphatic rings. The second-order valence-electron chi connectivity index (χ2n) is 5.20. The van der Waals surface area contributed by atoms with E-state index in [0.29, 0.717) is 19.8 Å². The smallest absolute Gasteiger partial charge is 0.130 e. The highest BCUT2D eigenvalue weighted by atomic mass is 16.5. The second-order valence-corrected chi connectivity index (χ2v) is 5.20. The van der Waals surface area contributed by atoms with Gasteiger partial charge in [-0.25, -0.2) is 0 Å². The van der Waals surface area contributed by atoms with Gasteiger partial charge in [-0.1, -0.05) is 0 Å². The van der Waals surface area contributed by atoms with Crippen molar-refractivity contribution < 1.29 is 9.15 Å². The van der Waals surface area contributed by atoms with Crippen molar-refractivity contribution in [2.24, 2.45) is 5.73 Å². The summed E-state index contributed by atoms with van der Waals surface area (Å²) >= 11 is 0. The number of ether oxygens (including phenoxy) is 1. The molecule has 0 fully saturated rings. The van der Waals surface area contributed by atoms with Crippen LogP contribution in [0.4, 0.5) is 0 Å². The van der Waals surface area contributed by atoms with E-state index in [0.717, 1.165) is 17.1 Å². The summed E-state index contributed by atoms with van der Waals surface area (Å²) in [4.78, 5) is 2.14. The van der Waals surface area contributed by atoms with Gasteiger partial charge in [0.1, 0.15) is 18.1 Å². The van der Waals surface area contributed by atoms with Crippen molar-refractivity contribution in [2.75, 3.05) is 20.7 Å². The molecule has 0 saturated heterocycles. The van der Waals surface area contributed by atoms with E-state index in [9.17, 15) is 0 Å². The van der Waals surface area contributed by atoms with Gasteiger partial charge in [-0.05, 0) is 40.9 Å². The fourth-order valence-corrected chi connectivity index (χ4v) is 1.39. The highest BCUT2D eigenvalue weighted by molar-refractivity contribution is 5.19. The van der Waals surface area contributed by atoms with E-state index in [1.807, 2.05) is 27.1 Å². The predicted octanol–water partition coefficient (Wildman–Crippen LogP) is 1.90. The Balaban J connectivity index is 2.46. The zero-order valence-corrected chi connectivity index (χ0v) is 11.5. The topological polar surface area (TPSA) is 51.6 Å². The summed E-state index contributed by atoms with van der Waals surface area (Å²) in [6.07, 6.45) is 0. The first kappa shape index (κ1) is 14.2. The Bertz CT molecular complexity index is 356. The lowest BCUT2D eigenvalue weighted by Crippen LogP contribution is -2.42. The van der Waals surface area contributed by atoms with Crippen LogP contribution in [0.25, 0.3) is 0 Å². The SMILES string of the molecule is Cc1oc(COCC(C)(C)N(C)C)cc1CN. The average molecular weight is 240 g/mol. The van der Waals surface area contributed by atoms with E-state index in [1.54, 1.807) is 0 Å². The van der Waals surface area contributed by atoms with Crippen molar-refractivity contribution in [3.05, 3.63) is 23.2 Å². The van der Waals surface area contributed by atoms with E-state index in [4.69, 9.17) is 14.9 Å². The summed E-state index contributed by atoms with van der Waals surface area (Å²) in [7, 11) is 4.10. The Morgan fingerprint density at radius 2 is 2.06 bits per heavy atom. The van der Waals surface area contributed by atoms with Gasteiger partial charge in [0.25, 0.3) is 0 Å². The first-order chi connectivity index (χ1) is 7.86. The maximum Gasteiger partial charge on any atom is 0.130 e. The van der Waals surface area contributed by atoms with Gasteiger partial charge in [0.15, 0.2) is 0 Å². The van der Waals surface area contributed by atoms with Crippen LogP contribution in [0.5, 0.6) is 0 Å². The quantitative estimate of drug-likeness (QED) is 0.825. The molecule has 0 atom stereocenters. The Kier molecular flexibility index (Phi) is 4.74. The Hall–Kier alpha value is -0.840. The minimum absolute atomic E-state index is 0.0261. The van der Waals surface area contributed by atoms with Gasteiger partial charge in [-0.15, -0.1) is 0 Å². The Labute approximate surface area is 104 Å². The van der Waals surface area contributed by atoms with E-state index < -0.39 is 0 Å². The van der Waals surface area contributed by atoms with Gasteiger partial charge in [0.05, 0.1) is 6.61 Å². The summed E-state index contributed by atoms with van der Waals surface area (Å²) < 4.78 is 11.2. The van der Waals surface area contributed by atoms with Crippen LogP contribution in [0.15, 0.2) is 10.5 Å². The third-order valence-electron chi connectivity index (χ3n) is 3.20. The van der Waals surface area contributed by atoms with E-state index in [-0.39, 0.29) is 5.54 Å². The van der Waals surface area contributed by atoms with Gasteiger partial charge < -0.3 is 19.8 Å². The van der Waals surface area contributed by atoms with Crippen LogP contribution in [0.1, 0.15) is 30.9 Å². The molecule has 0 aliphatic carbocycles. The van der Waals surface area contributed by atoms with Crippen LogP contribution in [0.3, 0.4) is 0 Å². The van der Waals surface area contributed by atoms with E-state index in [2.05, 4.69) is 18.7 Å². The number of nitrogens with two attached hydrogens (primary N) is 1. The fourth-order valence-electron chi connectivity index (χ4n) is 1.39. The lowest BCUT2D eigenvalue weighted by Gasteiger charge is -2.31. The molecule has 1 heterocycles. The molecule has 0 spiro atoms. The lowest BCUT2D eigenvalue weighted by atomic mass is 10.1. The number of rotatable bonds is 6. The summed E-state index contributed by atoms with van der Waals surface area (Å²) in [6.45, 7) is 7.89. The fraction of sp³-hybridized carbons (Fsp3) is 0.692. The number of hydrogen-bond acceptors (Lipinski definition) is 4. The van der Waals surface area contributed by atoms with Crippen molar-refractivity contribution in [1.29, 1.82) is 0 Å². The van der Waals surface area contributed by atoms with Gasteiger partial charge >= 0.3 is 0 Å². The summed E-state index contributed by atoms with van der Waals surface area (Å²) in [6, 6.07) is 1.97. The minimum Gasteiger partial charge on any atom is -0.464 e. The molecule has 2 N–H and O–H groups in total. The summed E-state index contributed by atoms with van der Waals surface area (Å²) in [5, 5.41) is 0. The first-order valence-electron chi connectivity index (χ1n) is 5.90. The average Bonchev–Trinajstić information content (AvgIpc) is 2.58. The molecular weight excluding hydrogens is 216 g/mol. The van der Waals surface area contributed by atoms with Crippen LogP contribution in [0.2, 0.25) is 0 Å². The monoisotopic (exact) mass is 240 g/mol. The van der Waals surface area contributed by atoms with Crippen LogP contribution in [-0.2, 0) is 17.9 Å². The predicted molar refractivity (Wildman–Crippen MR) is 68.8 cm³/mol.